The quantitative estimate of drug-likeness (QED) is 0.621. The van der Waals surface area contributed by atoms with E-state index in [4.69, 9.17) is 0 Å². The van der Waals surface area contributed by atoms with Crippen LogP contribution in [0, 0.1) is 11.3 Å². The normalized spacial score (nSPS) is 30.4. The van der Waals surface area contributed by atoms with Crippen LogP contribution < -0.4 is 0 Å². The predicted octanol–water partition coefficient (Wildman–Crippen LogP) is 3.54. The fourth-order valence-corrected chi connectivity index (χ4v) is 2.67. The second-order valence-corrected chi connectivity index (χ2v) is 4.97. The Labute approximate surface area is 89.9 Å². The highest BCUT2D eigenvalue weighted by atomic mass is 15.1. The Bertz CT molecular complexity index is 161. The second kappa shape index (κ2) is 5.16. The van der Waals surface area contributed by atoms with Gasteiger partial charge in [-0.25, -0.2) is 0 Å². The molecule has 1 heterocycles. The second-order valence-electron chi connectivity index (χ2n) is 4.97. The van der Waals surface area contributed by atoms with Crippen LogP contribution in [0.2, 0.25) is 0 Å². The van der Waals surface area contributed by atoms with Gasteiger partial charge in [-0.15, -0.1) is 0 Å². The van der Waals surface area contributed by atoms with E-state index in [1.807, 2.05) is 13.8 Å². The van der Waals surface area contributed by atoms with Crippen LogP contribution in [0.1, 0.15) is 53.4 Å². The summed E-state index contributed by atoms with van der Waals surface area (Å²) >= 11 is 0. The standard InChI is InChI=1S/C11H21N.C2H6/c1-3-12-7-4-10(2)8-11(9-12)5-6-11;1-2/h10H,3-9H2,1-2H3;1-2H3. The molecule has 1 heteroatoms. The molecule has 1 saturated carbocycles. The minimum Gasteiger partial charge on any atom is -0.303 e. The zero-order valence-electron chi connectivity index (χ0n) is 10.5. The van der Waals surface area contributed by atoms with E-state index >= 15 is 0 Å². The lowest BCUT2D eigenvalue weighted by atomic mass is 9.93. The molecule has 0 bridgehead atoms. The first-order valence-electron chi connectivity index (χ1n) is 6.46. The molecule has 1 saturated heterocycles. The van der Waals surface area contributed by atoms with Crippen LogP contribution in [0.5, 0.6) is 0 Å². The van der Waals surface area contributed by atoms with Crippen molar-refractivity contribution in [1.82, 2.24) is 4.90 Å². The molecule has 0 aromatic carbocycles. The first kappa shape index (κ1) is 12.0. The first-order chi connectivity index (χ1) is 6.74. The van der Waals surface area contributed by atoms with Crippen molar-refractivity contribution in [1.29, 1.82) is 0 Å². The molecule has 2 aliphatic rings. The van der Waals surface area contributed by atoms with E-state index in [1.165, 1.54) is 45.3 Å². The molecule has 2 rings (SSSR count). The molecule has 0 amide bonds. The third kappa shape index (κ3) is 2.98. The van der Waals surface area contributed by atoms with Crippen LogP contribution in [0.15, 0.2) is 0 Å². The Morgan fingerprint density at radius 2 is 1.93 bits per heavy atom. The summed E-state index contributed by atoms with van der Waals surface area (Å²) in [6, 6.07) is 0. The van der Waals surface area contributed by atoms with Crippen molar-refractivity contribution in [2.24, 2.45) is 11.3 Å². The fourth-order valence-electron chi connectivity index (χ4n) is 2.67. The number of hydrogen-bond acceptors (Lipinski definition) is 1. The summed E-state index contributed by atoms with van der Waals surface area (Å²) in [4.78, 5) is 2.65. The average molecular weight is 197 g/mol. The van der Waals surface area contributed by atoms with Gasteiger partial charge in [-0.1, -0.05) is 27.7 Å². The van der Waals surface area contributed by atoms with Gasteiger partial charge in [0.1, 0.15) is 0 Å². The van der Waals surface area contributed by atoms with Crippen LogP contribution in [0.3, 0.4) is 0 Å². The zero-order chi connectivity index (χ0) is 10.6. The van der Waals surface area contributed by atoms with Gasteiger partial charge in [-0.05, 0) is 50.1 Å². The van der Waals surface area contributed by atoms with Crippen molar-refractivity contribution in [3.05, 3.63) is 0 Å². The first-order valence-corrected chi connectivity index (χ1v) is 6.46. The Hall–Kier alpha value is -0.0400. The molecule has 84 valence electrons. The van der Waals surface area contributed by atoms with E-state index in [-0.39, 0.29) is 0 Å². The highest BCUT2D eigenvalue weighted by molar-refractivity contribution is 4.97. The summed E-state index contributed by atoms with van der Waals surface area (Å²) in [5.41, 5.74) is 0.784. The summed E-state index contributed by atoms with van der Waals surface area (Å²) < 4.78 is 0. The Morgan fingerprint density at radius 1 is 1.29 bits per heavy atom. The number of nitrogens with zero attached hydrogens (tertiary/aromatic N) is 1. The molecule has 1 aliphatic carbocycles. The summed E-state index contributed by atoms with van der Waals surface area (Å²) in [7, 11) is 0. The lowest BCUT2D eigenvalue weighted by Gasteiger charge is -2.21. The van der Waals surface area contributed by atoms with Crippen LogP contribution >= 0.6 is 0 Å². The SMILES string of the molecule is CC.CCN1CCC(C)CC2(CC2)C1. The Morgan fingerprint density at radius 3 is 2.43 bits per heavy atom. The van der Waals surface area contributed by atoms with Gasteiger partial charge >= 0.3 is 0 Å². The molecule has 0 aromatic heterocycles. The highest BCUT2D eigenvalue weighted by Crippen LogP contribution is 2.52. The van der Waals surface area contributed by atoms with Crippen molar-refractivity contribution in [3.8, 4) is 0 Å². The van der Waals surface area contributed by atoms with Crippen LogP contribution in [-0.2, 0) is 0 Å². The molecular formula is C13H27N. The fraction of sp³-hybridized carbons (Fsp3) is 1.00. The summed E-state index contributed by atoms with van der Waals surface area (Å²) in [5, 5.41) is 0. The van der Waals surface area contributed by atoms with E-state index in [9.17, 15) is 0 Å². The minimum atomic E-state index is 0.784. The zero-order valence-corrected chi connectivity index (χ0v) is 10.5. The van der Waals surface area contributed by atoms with Gasteiger partial charge < -0.3 is 4.90 Å². The monoisotopic (exact) mass is 197 g/mol. The van der Waals surface area contributed by atoms with Gasteiger partial charge in [-0.2, -0.15) is 0 Å². The maximum atomic E-state index is 2.65. The average Bonchev–Trinajstić information content (AvgIpc) is 2.98. The van der Waals surface area contributed by atoms with Gasteiger partial charge in [0.15, 0.2) is 0 Å². The van der Waals surface area contributed by atoms with Gasteiger partial charge in [0.2, 0.25) is 0 Å². The van der Waals surface area contributed by atoms with Crippen molar-refractivity contribution in [2.45, 2.75) is 53.4 Å². The topological polar surface area (TPSA) is 3.24 Å². The summed E-state index contributed by atoms with van der Waals surface area (Å²) in [6.07, 6.45) is 5.95. The van der Waals surface area contributed by atoms with Gasteiger partial charge in [0, 0.05) is 6.54 Å². The van der Waals surface area contributed by atoms with Crippen molar-refractivity contribution >= 4 is 0 Å². The third-order valence-electron chi connectivity index (χ3n) is 3.68. The molecule has 1 spiro atoms. The lowest BCUT2D eigenvalue weighted by molar-refractivity contribution is 0.250. The smallest absolute Gasteiger partial charge is 0.00380 e. The molecule has 1 unspecified atom stereocenters. The van der Waals surface area contributed by atoms with Gasteiger partial charge in [0.05, 0.1) is 0 Å². The summed E-state index contributed by atoms with van der Waals surface area (Å²) in [5.74, 6) is 0.976. The van der Waals surface area contributed by atoms with E-state index < -0.39 is 0 Å². The maximum absolute atomic E-state index is 2.65. The van der Waals surface area contributed by atoms with Gasteiger partial charge in [0.25, 0.3) is 0 Å². The number of likely N-dealkylation sites (tertiary alicyclic amines) is 1. The van der Waals surface area contributed by atoms with E-state index in [2.05, 4.69) is 18.7 Å². The summed E-state index contributed by atoms with van der Waals surface area (Å²) in [6.45, 7) is 12.7. The molecule has 0 aromatic rings. The van der Waals surface area contributed by atoms with Crippen molar-refractivity contribution in [3.63, 3.8) is 0 Å². The molecule has 0 N–H and O–H groups in total. The number of rotatable bonds is 1. The number of hydrogen-bond donors (Lipinski definition) is 0. The van der Waals surface area contributed by atoms with E-state index in [0.29, 0.717) is 0 Å². The van der Waals surface area contributed by atoms with Crippen LogP contribution in [0.25, 0.3) is 0 Å². The lowest BCUT2D eigenvalue weighted by Crippen LogP contribution is -2.28. The molecule has 2 fully saturated rings. The largest absolute Gasteiger partial charge is 0.303 e. The minimum absolute atomic E-state index is 0.784. The Kier molecular flexibility index (Phi) is 4.43. The Balaban J connectivity index is 0.000000461. The molecule has 14 heavy (non-hydrogen) atoms. The van der Waals surface area contributed by atoms with Gasteiger partial charge in [-0.3, -0.25) is 0 Å². The van der Waals surface area contributed by atoms with Crippen molar-refractivity contribution < 1.29 is 0 Å². The van der Waals surface area contributed by atoms with Crippen LogP contribution in [0.4, 0.5) is 0 Å². The molecule has 1 aliphatic heterocycles. The molecule has 1 nitrogen and oxygen atoms in total. The molecule has 0 radical (unpaired) electrons. The molecule has 1 atom stereocenters. The van der Waals surface area contributed by atoms with E-state index in [1.54, 1.807) is 0 Å². The maximum Gasteiger partial charge on any atom is 0.00380 e. The van der Waals surface area contributed by atoms with E-state index in [0.717, 1.165) is 11.3 Å². The van der Waals surface area contributed by atoms with Crippen LogP contribution in [-0.4, -0.2) is 24.5 Å². The highest BCUT2D eigenvalue weighted by Gasteiger charge is 2.45. The molecular weight excluding hydrogens is 170 g/mol. The third-order valence-corrected chi connectivity index (χ3v) is 3.68. The van der Waals surface area contributed by atoms with Crippen molar-refractivity contribution in [2.75, 3.05) is 19.6 Å². The predicted molar refractivity (Wildman–Crippen MR) is 63.5 cm³/mol.